The van der Waals surface area contributed by atoms with E-state index in [-0.39, 0.29) is 24.0 Å². The summed E-state index contributed by atoms with van der Waals surface area (Å²) in [5, 5.41) is 2.73. The first-order chi connectivity index (χ1) is 5.69. The minimum absolute atomic E-state index is 0.338. The molecule has 2 atom stereocenters. The Morgan fingerprint density at radius 2 is 1.50 bits per heavy atom. The van der Waals surface area contributed by atoms with Crippen molar-refractivity contribution in [3.8, 4) is 0 Å². The lowest BCUT2D eigenvalue weighted by Gasteiger charge is -2.32. The van der Waals surface area contributed by atoms with Gasteiger partial charge in [-0.25, -0.2) is 0 Å². The van der Waals surface area contributed by atoms with Crippen molar-refractivity contribution in [2.24, 2.45) is 0 Å². The van der Waals surface area contributed by atoms with E-state index in [0.29, 0.717) is 6.42 Å². The van der Waals surface area contributed by atoms with E-state index in [9.17, 15) is 9.59 Å². The molecule has 1 heterocycles. The van der Waals surface area contributed by atoms with E-state index in [0.717, 1.165) is 0 Å². The second kappa shape index (κ2) is 3.53. The highest BCUT2D eigenvalue weighted by atomic mass is 16.5. The SMILES string of the molecule is COC(=O)[C@@H]1C[C@H](C(=O)OC)N1. The molecule has 0 radical (unpaired) electrons. The van der Waals surface area contributed by atoms with E-state index in [1.54, 1.807) is 0 Å². The first-order valence-corrected chi connectivity index (χ1v) is 3.60. The van der Waals surface area contributed by atoms with Crippen molar-refractivity contribution in [3.05, 3.63) is 0 Å². The minimum atomic E-state index is -0.348. The van der Waals surface area contributed by atoms with Crippen molar-refractivity contribution in [2.45, 2.75) is 18.5 Å². The van der Waals surface area contributed by atoms with Crippen LogP contribution >= 0.6 is 0 Å². The molecule has 0 aliphatic carbocycles. The molecule has 5 nitrogen and oxygen atoms in total. The number of nitrogens with one attached hydrogen (secondary N) is 1. The van der Waals surface area contributed by atoms with E-state index in [4.69, 9.17) is 0 Å². The first kappa shape index (κ1) is 8.99. The van der Waals surface area contributed by atoms with Crippen molar-refractivity contribution in [1.82, 2.24) is 5.32 Å². The average molecular weight is 173 g/mol. The summed E-state index contributed by atoms with van der Waals surface area (Å²) >= 11 is 0. The zero-order valence-corrected chi connectivity index (χ0v) is 6.99. The highest BCUT2D eigenvalue weighted by Crippen LogP contribution is 2.13. The molecule has 1 aliphatic heterocycles. The van der Waals surface area contributed by atoms with Crippen LogP contribution in [0.4, 0.5) is 0 Å². The van der Waals surface area contributed by atoms with Crippen LogP contribution in [0, 0.1) is 0 Å². The lowest BCUT2D eigenvalue weighted by molar-refractivity contribution is -0.152. The number of esters is 2. The van der Waals surface area contributed by atoms with E-state index in [2.05, 4.69) is 14.8 Å². The highest BCUT2D eigenvalue weighted by molar-refractivity contribution is 5.84. The summed E-state index contributed by atoms with van der Waals surface area (Å²) < 4.78 is 8.92. The number of ether oxygens (including phenoxy) is 2. The van der Waals surface area contributed by atoms with Gasteiger partial charge in [-0.2, -0.15) is 0 Å². The Morgan fingerprint density at radius 1 is 1.17 bits per heavy atom. The number of hydrogen-bond acceptors (Lipinski definition) is 5. The molecule has 12 heavy (non-hydrogen) atoms. The smallest absolute Gasteiger partial charge is 0.322 e. The summed E-state index contributed by atoms with van der Waals surface area (Å²) in [6.07, 6.45) is 0.458. The molecule has 68 valence electrons. The maximum Gasteiger partial charge on any atom is 0.322 e. The van der Waals surface area contributed by atoms with Crippen LogP contribution in [0.5, 0.6) is 0 Å². The minimum Gasteiger partial charge on any atom is -0.468 e. The molecular weight excluding hydrogens is 162 g/mol. The predicted octanol–water partition coefficient (Wildman–Crippen LogP) is -0.937. The second-order valence-corrected chi connectivity index (χ2v) is 2.55. The van der Waals surface area contributed by atoms with Crippen LogP contribution in [0.2, 0.25) is 0 Å². The molecule has 1 N–H and O–H groups in total. The van der Waals surface area contributed by atoms with Gasteiger partial charge in [0.1, 0.15) is 12.1 Å². The zero-order valence-electron chi connectivity index (χ0n) is 6.99. The molecule has 1 saturated heterocycles. The molecule has 0 spiro atoms. The van der Waals surface area contributed by atoms with Crippen molar-refractivity contribution < 1.29 is 19.1 Å². The van der Waals surface area contributed by atoms with E-state index in [1.807, 2.05) is 0 Å². The number of rotatable bonds is 2. The monoisotopic (exact) mass is 173 g/mol. The Morgan fingerprint density at radius 3 is 1.75 bits per heavy atom. The van der Waals surface area contributed by atoms with Gasteiger partial charge < -0.3 is 9.47 Å². The maximum absolute atomic E-state index is 10.8. The lowest BCUT2D eigenvalue weighted by Crippen LogP contribution is -2.60. The molecule has 1 rings (SSSR count). The molecule has 1 aliphatic rings. The quantitative estimate of drug-likeness (QED) is 0.546. The van der Waals surface area contributed by atoms with Crippen LogP contribution in [0.3, 0.4) is 0 Å². The van der Waals surface area contributed by atoms with Gasteiger partial charge in [0.15, 0.2) is 0 Å². The predicted molar refractivity (Wildman–Crippen MR) is 39.4 cm³/mol. The highest BCUT2D eigenvalue weighted by Gasteiger charge is 2.39. The van der Waals surface area contributed by atoms with Crippen molar-refractivity contribution in [3.63, 3.8) is 0 Å². The van der Waals surface area contributed by atoms with Gasteiger partial charge in [0.05, 0.1) is 14.2 Å². The molecule has 5 heteroatoms. The van der Waals surface area contributed by atoms with Gasteiger partial charge in [-0.05, 0) is 6.42 Å². The Bertz CT molecular complexity index is 178. The molecule has 0 aromatic heterocycles. The third-order valence-electron chi connectivity index (χ3n) is 1.85. The van der Waals surface area contributed by atoms with Crippen LogP contribution < -0.4 is 5.32 Å². The average Bonchev–Trinajstić information content (AvgIpc) is 2.01. The summed E-state index contributed by atoms with van der Waals surface area (Å²) in [7, 11) is 2.63. The number of methoxy groups -OCH3 is 2. The van der Waals surface area contributed by atoms with E-state index >= 15 is 0 Å². The number of carbonyl (C=O) groups excluding carboxylic acids is 2. The summed E-state index contributed by atoms with van der Waals surface area (Å²) in [5.74, 6) is -0.676. The van der Waals surface area contributed by atoms with E-state index in [1.165, 1.54) is 14.2 Å². The molecular formula is C7H11NO4. The molecule has 0 bridgehead atoms. The summed E-state index contributed by atoms with van der Waals surface area (Å²) in [5.41, 5.74) is 0. The van der Waals surface area contributed by atoms with Gasteiger partial charge >= 0.3 is 11.9 Å². The summed E-state index contributed by atoms with van der Waals surface area (Å²) in [4.78, 5) is 21.6. The van der Waals surface area contributed by atoms with E-state index < -0.39 is 0 Å². The zero-order chi connectivity index (χ0) is 9.14. The molecule has 0 unspecified atom stereocenters. The van der Waals surface area contributed by atoms with Gasteiger partial charge in [-0.3, -0.25) is 14.9 Å². The second-order valence-electron chi connectivity index (χ2n) is 2.55. The Balaban J connectivity index is 2.28. The van der Waals surface area contributed by atoms with Crippen molar-refractivity contribution in [2.75, 3.05) is 14.2 Å². The standard InChI is InChI=1S/C7H11NO4/c1-11-6(9)4-3-5(8-4)7(10)12-2/h4-5,8H,3H2,1-2H3/t4-,5+. The number of carbonyl (C=O) groups is 2. The van der Waals surface area contributed by atoms with Crippen LogP contribution in [0.1, 0.15) is 6.42 Å². The fourth-order valence-corrected chi connectivity index (χ4v) is 1.07. The Kier molecular flexibility index (Phi) is 2.65. The van der Waals surface area contributed by atoms with Gasteiger partial charge in [-0.1, -0.05) is 0 Å². The van der Waals surface area contributed by atoms with Crippen LogP contribution in [-0.4, -0.2) is 38.2 Å². The van der Waals surface area contributed by atoms with Crippen LogP contribution in [0.25, 0.3) is 0 Å². The molecule has 1 fully saturated rings. The first-order valence-electron chi connectivity index (χ1n) is 3.60. The molecule has 0 aromatic carbocycles. The van der Waals surface area contributed by atoms with Gasteiger partial charge in [0, 0.05) is 0 Å². The number of hydrogen-bond donors (Lipinski definition) is 1. The third-order valence-corrected chi connectivity index (χ3v) is 1.85. The van der Waals surface area contributed by atoms with Crippen LogP contribution in [0.15, 0.2) is 0 Å². The summed E-state index contributed by atoms with van der Waals surface area (Å²) in [6, 6.07) is -0.696. The maximum atomic E-state index is 10.8. The molecule has 0 saturated carbocycles. The summed E-state index contributed by atoms with van der Waals surface area (Å²) in [6.45, 7) is 0. The topological polar surface area (TPSA) is 64.6 Å². The van der Waals surface area contributed by atoms with Gasteiger partial charge in [0.2, 0.25) is 0 Å². The van der Waals surface area contributed by atoms with Crippen molar-refractivity contribution >= 4 is 11.9 Å². The fourth-order valence-electron chi connectivity index (χ4n) is 1.07. The largest absolute Gasteiger partial charge is 0.468 e. The molecule has 0 aromatic rings. The van der Waals surface area contributed by atoms with Crippen LogP contribution in [-0.2, 0) is 19.1 Å². The fraction of sp³-hybridized carbons (Fsp3) is 0.714. The Hall–Kier alpha value is -1.10. The van der Waals surface area contributed by atoms with Gasteiger partial charge in [-0.15, -0.1) is 0 Å². The Labute approximate surface area is 70.0 Å². The molecule has 0 amide bonds. The van der Waals surface area contributed by atoms with Crippen molar-refractivity contribution in [1.29, 1.82) is 0 Å². The van der Waals surface area contributed by atoms with Gasteiger partial charge in [0.25, 0.3) is 0 Å². The normalized spacial score (nSPS) is 27.2. The third kappa shape index (κ3) is 1.55. The lowest BCUT2D eigenvalue weighted by atomic mass is 9.97.